The van der Waals surface area contributed by atoms with Gasteiger partial charge in [-0.25, -0.2) is 18.8 Å². The Morgan fingerprint density at radius 1 is 0.259 bits per heavy atom. The summed E-state index contributed by atoms with van der Waals surface area (Å²) in [6, 6.07) is 79.6. The Morgan fingerprint density at radius 3 is 1.11 bits per heavy atom. The first-order valence-corrected chi connectivity index (χ1v) is 37.6. The minimum atomic E-state index is 0.301. The molecule has 26 nitrogen and oxygen atoms in total. The van der Waals surface area contributed by atoms with Crippen molar-refractivity contribution in [3.8, 4) is 79.5 Å². The van der Waals surface area contributed by atoms with Crippen LogP contribution in [0.5, 0.6) is 23.7 Å². The molecule has 0 amide bonds. The molecule has 17 aromatic heterocycles. The zero-order valence-corrected chi connectivity index (χ0v) is 60.9. The summed E-state index contributed by atoms with van der Waals surface area (Å²) in [7, 11) is 0. The molecule has 27 rings (SSSR count). The van der Waals surface area contributed by atoms with E-state index >= 15 is 0 Å². The molecule has 27 heteroatoms. The maximum Gasteiger partial charge on any atom is 0.312 e. The van der Waals surface area contributed by atoms with Crippen molar-refractivity contribution in [3.05, 3.63) is 310 Å². The summed E-state index contributed by atoms with van der Waals surface area (Å²) in [5.41, 5.74) is 25.9. The van der Waals surface area contributed by atoms with Gasteiger partial charge < -0.3 is 40.4 Å². The standard InChI is InChI=1S/C29H17N5OS.C24H14N4O2.2C18H10N4O3/c1-3-18(19-7-9-24-26(16-19)33-11-13-35-28(33)31-24)15-20(4-1)22-5-2-6-23(30-22)21-8-10-25-27(17-21)34-12-14-36-29(34)32-25;1-2-15(17-4-6-19-21(13-17)27-8-10-29-23(27)25-19)12-16(3-1)18-5-7-20-22(14-18)28-9-11-30-24(28)26-20;1-3-7-13-11(5-1)19-17-21(13)15(9-23-17)25-16-10-24-18-20-12-6-2-4-8-14(12)22(16)18;1-3-7-13-11(5-1)19-17-21(13)9-15(24-17)23-16-10-22-14-8-4-2-6-12(14)20-18(22)25-16/h1-17H;1-14H;2*1-10H. The lowest BCUT2D eigenvalue weighted by molar-refractivity contribution is 0.293. The number of pyridine rings is 1. The number of hydrogen-bond donors (Lipinski definition) is 0. The Balaban J connectivity index is 0.0000000898. The number of ether oxygens (including phenoxy) is 2. The van der Waals surface area contributed by atoms with Gasteiger partial charge in [-0.1, -0.05) is 115 Å². The van der Waals surface area contributed by atoms with Crippen LogP contribution in [0.2, 0.25) is 0 Å². The van der Waals surface area contributed by atoms with E-state index < -0.39 is 0 Å². The minimum absolute atomic E-state index is 0.301. The van der Waals surface area contributed by atoms with E-state index in [0.717, 1.165) is 149 Å². The fourth-order valence-electron chi connectivity index (χ4n) is 15.2. The van der Waals surface area contributed by atoms with Gasteiger partial charge in [0.25, 0.3) is 0 Å². The molecule has 0 fully saturated rings. The second kappa shape index (κ2) is 25.5. The van der Waals surface area contributed by atoms with Crippen molar-refractivity contribution in [3.63, 3.8) is 0 Å². The zero-order valence-electron chi connectivity index (χ0n) is 60.1. The van der Waals surface area contributed by atoms with Crippen LogP contribution < -0.4 is 9.47 Å². The lowest BCUT2D eigenvalue weighted by atomic mass is 9.98. The fraction of sp³-hybridized carbons (Fsp3) is 0. The second-order valence-electron chi connectivity index (χ2n) is 27.4. The minimum Gasteiger partial charge on any atom is -0.432 e. The largest absolute Gasteiger partial charge is 0.432 e. The molecule has 0 saturated heterocycles. The third-order valence-electron chi connectivity index (χ3n) is 20.6. The maximum absolute atomic E-state index is 6.08. The van der Waals surface area contributed by atoms with Crippen molar-refractivity contribution in [1.29, 1.82) is 0 Å². The summed E-state index contributed by atoms with van der Waals surface area (Å²) < 4.78 is 65.8. The highest BCUT2D eigenvalue weighted by atomic mass is 32.1. The second-order valence-corrected chi connectivity index (χ2v) is 28.3. The maximum atomic E-state index is 6.08. The Labute approximate surface area is 652 Å². The van der Waals surface area contributed by atoms with Gasteiger partial charge in [0.15, 0.2) is 17.5 Å². The third-order valence-corrected chi connectivity index (χ3v) is 21.4. The summed E-state index contributed by atoms with van der Waals surface area (Å²) in [5, 5.41) is 2.06. The lowest BCUT2D eigenvalue weighted by Crippen LogP contribution is -1.92. The Kier molecular flexibility index (Phi) is 14.1. The number of benzene rings is 10. The van der Waals surface area contributed by atoms with Crippen molar-refractivity contribution in [2.24, 2.45) is 0 Å². The molecular formula is C89H51N17O9S. The molecule has 0 atom stereocenters. The Bertz CT molecular complexity index is 8040. The monoisotopic (exact) mass is 1530 g/mol. The van der Waals surface area contributed by atoms with E-state index in [-0.39, 0.29) is 0 Å². The molecule has 0 aliphatic carbocycles. The SMILES string of the molecule is c1cc(-c2ccc3nc4occn4c3c2)cc(-c2ccc3nc4occn4c3c2)c1.c1cc(-c2ccc3nc4occn4c3c2)cc(-c2cccc(-c3ccc4nc5sccn5c4c3)n2)c1.c1ccc2c(c1)nc1oc(Oc3cn4c(nc5ccccc54)o3)cn12.c1ccc2c(c1)nc1occ(Oc3coc4nc5ccccc5n34)n12. The van der Waals surface area contributed by atoms with E-state index in [2.05, 4.69) is 172 Å². The molecule has 0 aliphatic heterocycles. The van der Waals surface area contributed by atoms with Crippen LogP contribution >= 0.6 is 11.3 Å². The van der Waals surface area contributed by atoms with Crippen LogP contribution in [-0.4, -0.2) is 80.1 Å². The Morgan fingerprint density at radius 2 is 0.621 bits per heavy atom. The molecule has 0 aliphatic rings. The molecule has 0 saturated carbocycles. The molecule has 27 aromatic rings. The van der Waals surface area contributed by atoms with E-state index in [1.54, 1.807) is 42.5 Å². The molecule has 17 heterocycles. The molecule has 0 N–H and O–H groups in total. The summed E-state index contributed by atoms with van der Waals surface area (Å²) in [6.45, 7) is 0. The van der Waals surface area contributed by atoms with Crippen LogP contribution in [0.4, 0.5) is 0 Å². The highest BCUT2D eigenvalue weighted by Crippen LogP contribution is 2.38. The van der Waals surface area contributed by atoms with Gasteiger partial charge in [-0.3, -0.25) is 26.4 Å². The van der Waals surface area contributed by atoms with E-state index in [4.69, 9.17) is 50.4 Å². The quantitative estimate of drug-likeness (QED) is 0.130. The number of nitrogens with zero attached hydrogens (tertiary/aromatic N) is 17. The van der Waals surface area contributed by atoms with Crippen LogP contribution in [0, 0.1) is 0 Å². The number of para-hydroxylation sites is 8. The normalized spacial score (nSPS) is 12.0. The molecule has 552 valence electrons. The highest BCUT2D eigenvalue weighted by molar-refractivity contribution is 7.15. The van der Waals surface area contributed by atoms with E-state index in [9.17, 15) is 0 Å². The van der Waals surface area contributed by atoms with Crippen molar-refractivity contribution < 1.29 is 40.4 Å². The van der Waals surface area contributed by atoms with Crippen molar-refractivity contribution >= 4 is 145 Å². The average molecular weight is 1530 g/mol. The van der Waals surface area contributed by atoms with Gasteiger partial charge in [0, 0.05) is 41.3 Å². The number of rotatable bonds is 9. The number of imidazole rings is 8. The van der Waals surface area contributed by atoms with Crippen LogP contribution in [0.3, 0.4) is 0 Å². The fourth-order valence-corrected chi connectivity index (χ4v) is 15.9. The van der Waals surface area contributed by atoms with Crippen molar-refractivity contribution in [1.82, 2.24) is 80.1 Å². The average Bonchev–Trinajstić information content (AvgIpc) is 1.58. The molecule has 0 unspecified atom stereocenters. The molecule has 0 radical (unpaired) electrons. The van der Waals surface area contributed by atoms with Crippen molar-refractivity contribution in [2.45, 2.75) is 0 Å². The summed E-state index contributed by atoms with van der Waals surface area (Å²) >= 11 is 1.64. The molecule has 0 bridgehead atoms. The van der Waals surface area contributed by atoms with Crippen molar-refractivity contribution in [2.75, 3.05) is 0 Å². The van der Waals surface area contributed by atoms with Gasteiger partial charge in [0.2, 0.25) is 11.8 Å². The topological polar surface area (TPSA) is 262 Å². The predicted octanol–water partition coefficient (Wildman–Crippen LogP) is 21.7. The first-order valence-electron chi connectivity index (χ1n) is 36.8. The van der Waals surface area contributed by atoms with E-state index in [0.29, 0.717) is 64.6 Å². The number of thiazole rings is 1. The van der Waals surface area contributed by atoms with Gasteiger partial charge >= 0.3 is 52.8 Å². The predicted molar refractivity (Wildman–Crippen MR) is 438 cm³/mol. The molecule has 0 spiro atoms. The smallest absolute Gasteiger partial charge is 0.312 e. The van der Waals surface area contributed by atoms with Crippen LogP contribution in [0.1, 0.15) is 0 Å². The van der Waals surface area contributed by atoms with Gasteiger partial charge in [-0.15, -0.1) is 11.3 Å². The van der Waals surface area contributed by atoms with Crippen LogP contribution in [-0.2, 0) is 0 Å². The molecular weight excluding hydrogens is 1480 g/mol. The van der Waals surface area contributed by atoms with E-state index in [1.165, 1.54) is 12.5 Å². The molecule has 10 aromatic carbocycles. The Hall–Kier alpha value is -16.6. The van der Waals surface area contributed by atoms with Gasteiger partial charge in [-0.05, 0) is 155 Å². The number of hydrogen-bond acceptors (Lipinski definition) is 19. The number of fused-ring (bicyclic) bond motifs is 24. The highest BCUT2D eigenvalue weighted by Gasteiger charge is 2.22. The third kappa shape index (κ3) is 10.7. The molecule has 116 heavy (non-hydrogen) atoms. The van der Waals surface area contributed by atoms with Gasteiger partial charge in [0.1, 0.15) is 18.8 Å². The number of aromatic nitrogens is 17. The summed E-state index contributed by atoms with van der Waals surface area (Å²) in [6.07, 6.45) is 19.3. The first-order chi connectivity index (χ1) is 57.4. The van der Waals surface area contributed by atoms with Crippen LogP contribution in [0.25, 0.3) is 190 Å². The van der Waals surface area contributed by atoms with Crippen LogP contribution in [0.15, 0.2) is 341 Å². The zero-order chi connectivity index (χ0) is 76.1. The first kappa shape index (κ1) is 64.3. The van der Waals surface area contributed by atoms with E-state index in [1.807, 2.05) is 165 Å². The van der Waals surface area contributed by atoms with Gasteiger partial charge in [-0.2, -0.15) is 34.9 Å². The summed E-state index contributed by atoms with van der Waals surface area (Å²) in [4.78, 5) is 42.0. The summed E-state index contributed by atoms with van der Waals surface area (Å²) in [5.74, 6) is 5.35. The number of oxazole rings is 7. The van der Waals surface area contributed by atoms with Gasteiger partial charge in [0.05, 0.1) is 112 Å². The lowest BCUT2D eigenvalue weighted by Gasteiger charge is -2.08.